The number of nitrogens with zero attached hydrogens (tertiary/aromatic N) is 4. The fourth-order valence-electron chi connectivity index (χ4n) is 2.46. The largest absolute Gasteiger partial charge is 0.481 e. The van der Waals surface area contributed by atoms with Gasteiger partial charge in [0.25, 0.3) is 5.91 Å². The molecule has 3 rings (SSSR count). The standard InChI is InChI=1S/C13H14N4O3/c1-13(12(19)20)3-6-16(8-13)11(18)9-7-15-17-5-2-4-14-10(9)17/h2,4-5,7H,3,6,8H2,1H3,(H,19,20). The smallest absolute Gasteiger partial charge is 0.311 e. The van der Waals surface area contributed by atoms with Crippen molar-refractivity contribution in [2.75, 3.05) is 13.1 Å². The van der Waals surface area contributed by atoms with E-state index in [0.29, 0.717) is 24.2 Å². The quantitative estimate of drug-likeness (QED) is 0.869. The molecule has 2 aromatic rings. The number of aliphatic carboxylic acids is 1. The lowest BCUT2D eigenvalue weighted by molar-refractivity contribution is -0.147. The Morgan fingerprint density at radius 3 is 2.95 bits per heavy atom. The van der Waals surface area contributed by atoms with Gasteiger partial charge in [0.1, 0.15) is 5.56 Å². The number of amides is 1. The van der Waals surface area contributed by atoms with Crippen molar-refractivity contribution in [3.8, 4) is 0 Å². The molecular formula is C13H14N4O3. The molecule has 2 aromatic heterocycles. The zero-order valence-corrected chi connectivity index (χ0v) is 11.0. The minimum atomic E-state index is -0.870. The van der Waals surface area contributed by atoms with Crippen molar-refractivity contribution in [3.05, 3.63) is 30.2 Å². The molecule has 1 aliphatic heterocycles. The van der Waals surface area contributed by atoms with Crippen LogP contribution in [0.25, 0.3) is 5.65 Å². The highest BCUT2D eigenvalue weighted by Gasteiger charge is 2.42. The van der Waals surface area contributed by atoms with Crippen LogP contribution in [0.2, 0.25) is 0 Å². The number of rotatable bonds is 2. The van der Waals surface area contributed by atoms with Gasteiger partial charge in [0, 0.05) is 25.5 Å². The van der Waals surface area contributed by atoms with Gasteiger partial charge in [0.15, 0.2) is 5.65 Å². The molecule has 1 unspecified atom stereocenters. The summed E-state index contributed by atoms with van der Waals surface area (Å²) in [4.78, 5) is 29.4. The van der Waals surface area contributed by atoms with E-state index in [-0.39, 0.29) is 12.5 Å². The van der Waals surface area contributed by atoms with Crippen LogP contribution >= 0.6 is 0 Å². The molecule has 0 bridgehead atoms. The van der Waals surface area contributed by atoms with E-state index in [2.05, 4.69) is 10.1 Å². The Labute approximate surface area is 114 Å². The highest BCUT2D eigenvalue weighted by Crippen LogP contribution is 2.31. The molecule has 0 aliphatic carbocycles. The van der Waals surface area contributed by atoms with E-state index in [4.69, 9.17) is 0 Å². The van der Waals surface area contributed by atoms with Crippen molar-refractivity contribution in [1.29, 1.82) is 0 Å². The lowest BCUT2D eigenvalue weighted by Crippen LogP contribution is -2.34. The van der Waals surface area contributed by atoms with Crippen molar-refractivity contribution in [2.24, 2.45) is 5.41 Å². The van der Waals surface area contributed by atoms with Gasteiger partial charge in [-0.1, -0.05) is 0 Å². The first-order valence-electron chi connectivity index (χ1n) is 6.32. The molecule has 0 radical (unpaired) electrons. The molecule has 0 spiro atoms. The summed E-state index contributed by atoms with van der Waals surface area (Å²) in [6, 6.07) is 1.73. The summed E-state index contributed by atoms with van der Waals surface area (Å²) in [5, 5.41) is 13.3. The second-order valence-corrected chi connectivity index (χ2v) is 5.29. The van der Waals surface area contributed by atoms with Crippen LogP contribution in [-0.4, -0.2) is 49.6 Å². The van der Waals surface area contributed by atoms with Gasteiger partial charge in [-0.3, -0.25) is 9.59 Å². The zero-order chi connectivity index (χ0) is 14.3. The number of carboxylic acids is 1. The molecule has 1 aliphatic rings. The number of hydrogen-bond donors (Lipinski definition) is 1. The second-order valence-electron chi connectivity index (χ2n) is 5.29. The summed E-state index contributed by atoms with van der Waals surface area (Å²) in [7, 11) is 0. The Morgan fingerprint density at radius 2 is 2.25 bits per heavy atom. The summed E-state index contributed by atoms with van der Waals surface area (Å²) in [5.41, 5.74) is 0.0214. The van der Waals surface area contributed by atoms with Gasteiger partial charge < -0.3 is 10.0 Å². The molecule has 1 fully saturated rings. The lowest BCUT2D eigenvalue weighted by Gasteiger charge is -2.19. The van der Waals surface area contributed by atoms with Gasteiger partial charge in [0.05, 0.1) is 11.6 Å². The van der Waals surface area contributed by atoms with Gasteiger partial charge in [-0.05, 0) is 19.4 Å². The van der Waals surface area contributed by atoms with E-state index in [1.165, 1.54) is 10.7 Å². The number of fused-ring (bicyclic) bond motifs is 1. The first kappa shape index (κ1) is 12.6. The Hall–Kier alpha value is -2.44. The van der Waals surface area contributed by atoms with Crippen LogP contribution in [-0.2, 0) is 4.79 Å². The first-order valence-corrected chi connectivity index (χ1v) is 6.32. The molecule has 3 heterocycles. The van der Waals surface area contributed by atoms with Crippen LogP contribution in [0.4, 0.5) is 0 Å². The van der Waals surface area contributed by atoms with E-state index in [1.807, 2.05) is 0 Å². The molecule has 7 heteroatoms. The van der Waals surface area contributed by atoms with E-state index in [9.17, 15) is 14.7 Å². The maximum atomic E-state index is 12.5. The molecule has 1 saturated heterocycles. The molecule has 20 heavy (non-hydrogen) atoms. The number of carbonyl (C=O) groups is 2. The fourth-order valence-corrected chi connectivity index (χ4v) is 2.46. The highest BCUT2D eigenvalue weighted by molar-refractivity contribution is 6.00. The van der Waals surface area contributed by atoms with Gasteiger partial charge in [-0.25, -0.2) is 9.50 Å². The van der Waals surface area contributed by atoms with Crippen molar-refractivity contribution < 1.29 is 14.7 Å². The van der Waals surface area contributed by atoms with E-state index >= 15 is 0 Å². The maximum Gasteiger partial charge on any atom is 0.311 e. The van der Waals surface area contributed by atoms with Gasteiger partial charge in [0.2, 0.25) is 0 Å². The number of hydrogen-bond acceptors (Lipinski definition) is 4. The van der Waals surface area contributed by atoms with Gasteiger partial charge >= 0.3 is 5.97 Å². The van der Waals surface area contributed by atoms with Gasteiger partial charge in [-0.2, -0.15) is 5.10 Å². The Balaban J connectivity index is 1.89. The normalized spacial score (nSPS) is 22.4. The average molecular weight is 274 g/mol. The molecule has 1 atom stereocenters. The summed E-state index contributed by atoms with van der Waals surface area (Å²) in [6.07, 6.45) is 5.24. The van der Waals surface area contributed by atoms with Crippen LogP contribution in [0.5, 0.6) is 0 Å². The molecule has 7 nitrogen and oxygen atoms in total. The zero-order valence-electron chi connectivity index (χ0n) is 11.0. The van der Waals surface area contributed by atoms with Crippen molar-refractivity contribution in [3.63, 3.8) is 0 Å². The summed E-state index contributed by atoms with van der Waals surface area (Å²) < 4.78 is 1.53. The van der Waals surface area contributed by atoms with Crippen LogP contribution in [0.1, 0.15) is 23.7 Å². The Morgan fingerprint density at radius 1 is 1.45 bits per heavy atom. The van der Waals surface area contributed by atoms with Crippen LogP contribution in [0.15, 0.2) is 24.7 Å². The summed E-state index contributed by atoms with van der Waals surface area (Å²) in [6.45, 7) is 2.31. The lowest BCUT2D eigenvalue weighted by atomic mass is 9.90. The van der Waals surface area contributed by atoms with Crippen molar-refractivity contribution in [2.45, 2.75) is 13.3 Å². The van der Waals surface area contributed by atoms with E-state index in [0.717, 1.165) is 0 Å². The fraction of sp³-hybridized carbons (Fsp3) is 0.385. The third-order valence-electron chi connectivity index (χ3n) is 3.79. The molecular weight excluding hydrogens is 260 g/mol. The van der Waals surface area contributed by atoms with E-state index in [1.54, 1.807) is 30.3 Å². The maximum absolute atomic E-state index is 12.5. The number of carbonyl (C=O) groups excluding carboxylic acids is 1. The van der Waals surface area contributed by atoms with Crippen molar-refractivity contribution in [1.82, 2.24) is 19.5 Å². The monoisotopic (exact) mass is 274 g/mol. The second kappa shape index (κ2) is 4.29. The van der Waals surface area contributed by atoms with Crippen molar-refractivity contribution >= 4 is 17.5 Å². The average Bonchev–Trinajstić information content (AvgIpc) is 3.03. The highest BCUT2D eigenvalue weighted by atomic mass is 16.4. The minimum Gasteiger partial charge on any atom is -0.481 e. The Kier molecular flexibility index (Phi) is 2.70. The molecule has 0 saturated carbocycles. The first-order chi connectivity index (χ1) is 9.51. The number of aromatic nitrogens is 3. The third kappa shape index (κ3) is 1.82. The predicted octanol–water partition coefficient (Wildman–Crippen LogP) is 0.666. The molecule has 104 valence electrons. The predicted molar refractivity (Wildman–Crippen MR) is 69.3 cm³/mol. The minimum absolute atomic E-state index is 0.214. The molecule has 1 N–H and O–H groups in total. The molecule has 0 aromatic carbocycles. The molecule has 1 amide bonds. The summed E-state index contributed by atoms with van der Waals surface area (Å²) >= 11 is 0. The van der Waals surface area contributed by atoms with Crippen LogP contribution in [0.3, 0.4) is 0 Å². The summed E-state index contributed by atoms with van der Waals surface area (Å²) in [5.74, 6) is -1.09. The van der Waals surface area contributed by atoms with Crippen LogP contribution in [0, 0.1) is 5.41 Å². The Bertz CT molecular complexity index is 696. The third-order valence-corrected chi connectivity index (χ3v) is 3.79. The van der Waals surface area contributed by atoms with Crippen LogP contribution < -0.4 is 0 Å². The van der Waals surface area contributed by atoms with E-state index < -0.39 is 11.4 Å². The number of likely N-dealkylation sites (tertiary alicyclic amines) is 1. The topological polar surface area (TPSA) is 87.8 Å². The SMILES string of the molecule is CC1(C(=O)O)CCN(C(=O)c2cnn3cccnc23)C1. The number of carboxylic acid groups (broad SMARTS) is 1. The van der Waals surface area contributed by atoms with Gasteiger partial charge in [-0.15, -0.1) is 0 Å².